The first kappa shape index (κ1) is 6.67. The lowest BCUT2D eigenvalue weighted by atomic mass is 9.85. The summed E-state index contributed by atoms with van der Waals surface area (Å²) < 4.78 is 190. The zero-order valence-corrected chi connectivity index (χ0v) is 16.0. The molecular formula is C32H22. The molecular weight excluding hydrogens is 384 g/mol. The summed E-state index contributed by atoms with van der Waals surface area (Å²) in [7, 11) is 0. The third kappa shape index (κ3) is 3.09. The molecule has 0 aromatic heterocycles. The van der Waals surface area contributed by atoms with Gasteiger partial charge in [-0.05, 0) is 61.0 Å². The monoisotopic (exact) mass is 428 g/mol. The molecule has 0 fully saturated rings. The highest BCUT2D eigenvalue weighted by Crippen LogP contribution is 2.44. The summed E-state index contributed by atoms with van der Waals surface area (Å²) in [4.78, 5) is 0. The fourth-order valence-corrected chi connectivity index (χ4v) is 3.47. The Labute approximate surface area is 219 Å². The zero-order chi connectivity index (χ0) is 40.5. The van der Waals surface area contributed by atoms with Gasteiger partial charge in [-0.1, -0.05) is 127 Å². The predicted octanol–water partition coefficient (Wildman–Crippen LogP) is 8.99. The third-order valence-corrected chi connectivity index (χ3v) is 4.75. The summed E-state index contributed by atoms with van der Waals surface area (Å²) in [6.07, 6.45) is 0. The van der Waals surface area contributed by atoms with Gasteiger partial charge in [0.25, 0.3) is 0 Å². The maximum Gasteiger partial charge on any atom is 0.0636 e. The van der Waals surface area contributed by atoms with Crippen molar-refractivity contribution in [1.29, 1.82) is 0 Å². The Bertz CT molecular complexity index is 2650. The van der Waals surface area contributed by atoms with Gasteiger partial charge in [0, 0.05) is 0 Å². The van der Waals surface area contributed by atoms with Crippen molar-refractivity contribution in [2.24, 2.45) is 0 Å². The molecule has 0 amide bonds. The van der Waals surface area contributed by atoms with Gasteiger partial charge in [0.1, 0.15) is 0 Å². The lowest BCUT2D eigenvalue weighted by Gasteiger charge is -2.18. The van der Waals surface area contributed by atoms with E-state index in [9.17, 15) is 2.74 Å². The largest absolute Gasteiger partial charge is 0.0636 e. The van der Waals surface area contributed by atoms with Gasteiger partial charge in [-0.3, -0.25) is 0 Å². The molecule has 0 saturated heterocycles. The highest BCUT2D eigenvalue weighted by molar-refractivity contribution is 6.21. The summed E-state index contributed by atoms with van der Waals surface area (Å²) in [5.41, 5.74) is -4.31. The van der Waals surface area contributed by atoms with E-state index in [-0.39, 0.29) is 0 Å². The molecule has 0 heterocycles. The lowest BCUT2D eigenvalue weighted by Crippen LogP contribution is -1.91. The molecule has 0 atom stereocenters. The van der Waals surface area contributed by atoms with Crippen LogP contribution in [-0.2, 0) is 0 Å². The molecule has 0 aliphatic heterocycles. The molecule has 0 heteroatoms. The molecule has 32 heavy (non-hydrogen) atoms. The van der Waals surface area contributed by atoms with Crippen LogP contribution in [0.4, 0.5) is 0 Å². The van der Waals surface area contributed by atoms with Gasteiger partial charge < -0.3 is 0 Å². The van der Waals surface area contributed by atoms with Crippen LogP contribution >= 0.6 is 0 Å². The molecule has 0 saturated carbocycles. The first-order valence-corrected chi connectivity index (χ1v) is 9.25. The van der Waals surface area contributed by atoms with Crippen LogP contribution in [0, 0.1) is 0 Å². The highest BCUT2D eigenvalue weighted by atomic mass is 14.2. The molecule has 0 bridgehead atoms. The number of rotatable bonds is 3. The van der Waals surface area contributed by atoms with Gasteiger partial charge in [0.05, 0.1) is 30.2 Å². The Morgan fingerprint density at radius 1 is 0.312 bits per heavy atom. The van der Waals surface area contributed by atoms with Crippen molar-refractivity contribution in [3.8, 4) is 33.4 Å². The minimum absolute atomic E-state index is 0.642. The van der Waals surface area contributed by atoms with E-state index in [0.29, 0.717) is 0 Å². The molecule has 0 radical (unpaired) electrons. The summed E-state index contributed by atoms with van der Waals surface area (Å²) in [6.45, 7) is 0. The normalized spacial score (nSPS) is 20.8. The van der Waals surface area contributed by atoms with Crippen molar-refractivity contribution in [1.82, 2.24) is 0 Å². The van der Waals surface area contributed by atoms with Crippen molar-refractivity contribution in [2.75, 3.05) is 0 Å². The van der Waals surface area contributed by atoms with Crippen LogP contribution in [-0.4, -0.2) is 0 Å². The molecule has 0 unspecified atom stereocenters. The summed E-state index contributed by atoms with van der Waals surface area (Å²) in [5, 5.41) is -2.68. The van der Waals surface area contributed by atoms with Crippen LogP contribution in [0.3, 0.4) is 0 Å². The van der Waals surface area contributed by atoms with E-state index in [1.54, 1.807) is 0 Å². The minimum atomic E-state index is -0.980. The average molecular weight is 429 g/mol. The Balaban J connectivity index is 2.15. The molecule has 0 spiro atoms. The van der Waals surface area contributed by atoms with Crippen molar-refractivity contribution in [3.63, 3.8) is 0 Å². The molecule has 0 N–H and O–H groups in total. The number of hydrogen-bond donors (Lipinski definition) is 0. The third-order valence-electron chi connectivity index (χ3n) is 4.75. The second-order valence-corrected chi connectivity index (χ2v) is 6.50. The predicted molar refractivity (Wildman–Crippen MR) is 138 cm³/mol. The van der Waals surface area contributed by atoms with E-state index in [1.807, 2.05) is 0 Å². The molecule has 6 rings (SSSR count). The first-order valence-electron chi connectivity index (χ1n) is 20.2. The average Bonchev–Trinajstić information content (AvgIpc) is 3.14. The van der Waals surface area contributed by atoms with Gasteiger partial charge in [0.2, 0.25) is 0 Å². The van der Waals surface area contributed by atoms with Crippen LogP contribution in [0.1, 0.15) is 30.2 Å². The number of hydrogen-bond acceptors (Lipinski definition) is 0. The quantitative estimate of drug-likeness (QED) is 0.247. The van der Waals surface area contributed by atoms with E-state index in [0.717, 1.165) is 0 Å². The van der Waals surface area contributed by atoms with E-state index in [4.69, 9.17) is 27.4 Å². The lowest BCUT2D eigenvalue weighted by molar-refractivity contribution is 1.63. The van der Waals surface area contributed by atoms with Crippen LogP contribution in [0.15, 0.2) is 133 Å². The van der Waals surface area contributed by atoms with Crippen LogP contribution < -0.4 is 0 Å². The van der Waals surface area contributed by atoms with Crippen LogP contribution in [0.2, 0.25) is 0 Å². The minimum Gasteiger partial charge on any atom is -0.0622 e. The van der Waals surface area contributed by atoms with Gasteiger partial charge in [-0.25, -0.2) is 0 Å². The van der Waals surface area contributed by atoms with Crippen LogP contribution in [0.25, 0.3) is 54.9 Å². The van der Waals surface area contributed by atoms with Gasteiger partial charge >= 0.3 is 0 Å². The van der Waals surface area contributed by atoms with Gasteiger partial charge in [-0.15, -0.1) is 0 Å². The standard InChI is InChI=1S/C32H22/c1-4-12-23(13-5-1)26-20-21-29-30(22-26)32(25-16-8-3-9-17-25)28-19-11-10-18-27(28)31(29)24-14-6-2-7-15-24/h1-22H/i1D,2D,3D,4D,5D,6D,7D,8D,9D,10D,11D,12D,13D,14D,15D,16D,17D,18D,19D,20D,21D,22D. The second kappa shape index (κ2) is 7.83. The summed E-state index contributed by atoms with van der Waals surface area (Å²) in [6, 6.07) is -20.0. The molecule has 0 aliphatic carbocycles. The van der Waals surface area contributed by atoms with Crippen molar-refractivity contribution in [3.05, 3.63) is 133 Å². The van der Waals surface area contributed by atoms with E-state index >= 15 is 0 Å². The van der Waals surface area contributed by atoms with Gasteiger partial charge in [0.15, 0.2) is 0 Å². The van der Waals surface area contributed by atoms with E-state index < -0.39 is 188 Å². The first-order chi connectivity index (χ1) is 25.0. The Morgan fingerprint density at radius 2 is 0.719 bits per heavy atom. The Kier molecular flexibility index (Phi) is 1.63. The Morgan fingerprint density at radius 3 is 1.25 bits per heavy atom. The molecule has 6 aromatic carbocycles. The Hall–Kier alpha value is -4.16. The maximum absolute atomic E-state index is 9.58. The van der Waals surface area contributed by atoms with E-state index in [1.165, 1.54) is 0 Å². The van der Waals surface area contributed by atoms with Gasteiger partial charge in [-0.2, -0.15) is 0 Å². The zero-order valence-electron chi connectivity index (χ0n) is 38.0. The molecule has 150 valence electrons. The highest BCUT2D eigenvalue weighted by Gasteiger charge is 2.17. The molecule has 0 aliphatic rings. The van der Waals surface area contributed by atoms with Crippen molar-refractivity contribution >= 4 is 21.5 Å². The smallest absolute Gasteiger partial charge is 0.0622 e. The SMILES string of the molecule is [2H]c1c([2H])c([2H])c(-c2c([2H])c([2H])c3c(-c4c([2H])c([2H])c([2H])c([2H])c4[2H])c4c([2H])c([2H])c([2H])c([2H])c4c(-c4c([2H])c([2H])c([2H])c([2H])c4[2H])c3c2[2H])c([2H])c1[2H]. The topological polar surface area (TPSA) is 0 Å². The maximum atomic E-state index is 9.58. The summed E-state index contributed by atoms with van der Waals surface area (Å²) in [5.74, 6) is 0. The fourth-order valence-electron chi connectivity index (χ4n) is 3.47. The van der Waals surface area contributed by atoms with Crippen molar-refractivity contribution < 1.29 is 30.2 Å². The van der Waals surface area contributed by atoms with Crippen LogP contribution in [0.5, 0.6) is 0 Å². The van der Waals surface area contributed by atoms with Crippen molar-refractivity contribution in [2.45, 2.75) is 0 Å². The molecule has 0 nitrogen and oxygen atoms in total. The fraction of sp³-hybridized carbons (Fsp3) is 0. The molecule has 6 aromatic rings. The number of fused-ring (bicyclic) bond motifs is 2. The van der Waals surface area contributed by atoms with E-state index in [2.05, 4.69) is 0 Å². The summed E-state index contributed by atoms with van der Waals surface area (Å²) >= 11 is 0. The second-order valence-electron chi connectivity index (χ2n) is 6.50. The number of benzene rings is 6.